The van der Waals surface area contributed by atoms with Gasteiger partial charge in [0.25, 0.3) is 5.91 Å². The van der Waals surface area contributed by atoms with Gasteiger partial charge < -0.3 is 14.4 Å². The van der Waals surface area contributed by atoms with Crippen LogP contribution in [0.2, 0.25) is 0 Å². The molecule has 1 aliphatic rings. The van der Waals surface area contributed by atoms with Crippen molar-refractivity contribution in [1.82, 2.24) is 29.5 Å². The summed E-state index contributed by atoms with van der Waals surface area (Å²) in [6, 6.07) is 24.3. The van der Waals surface area contributed by atoms with Crippen molar-refractivity contribution >= 4 is 45.6 Å². The summed E-state index contributed by atoms with van der Waals surface area (Å²) in [5.74, 6) is 0.237. The van der Waals surface area contributed by atoms with Gasteiger partial charge in [0.15, 0.2) is 5.65 Å². The Labute approximate surface area is 249 Å². The molecule has 42 heavy (non-hydrogen) atoms. The van der Waals surface area contributed by atoms with Gasteiger partial charge >= 0.3 is 0 Å². The minimum Gasteiger partial charge on any atom is -0.338 e. The fourth-order valence-electron chi connectivity index (χ4n) is 5.59. The van der Waals surface area contributed by atoms with Crippen molar-refractivity contribution in [1.29, 1.82) is 0 Å². The maximum atomic E-state index is 13.2. The molecule has 2 aromatic heterocycles. The van der Waals surface area contributed by atoms with Gasteiger partial charge in [-0.05, 0) is 55.7 Å². The Hall–Kier alpha value is -4.24. The lowest BCUT2D eigenvalue weighted by atomic mass is 10.1. The van der Waals surface area contributed by atoms with Crippen LogP contribution in [0.3, 0.4) is 0 Å². The zero-order valence-corrected chi connectivity index (χ0v) is 25.0. The van der Waals surface area contributed by atoms with Crippen molar-refractivity contribution in [3.05, 3.63) is 95.1 Å². The van der Waals surface area contributed by atoms with Gasteiger partial charge in [0.1, 0.15) is 5.52 Å². The zero-order chi connectivity index (χ0) is 29.2. The van der Waals surface area contributed by atoms with Crippen molar-refractivity contribution < 1.29 is 9.59 Å². The van der Waals surface area contributed by atoms with Gasteiger partial charge in [-0.2, -0.15) is 0 Å². The van der Waals surface area contributed by atoms with E-state index in [0.717, 1.165) is 34.1 Å². The number of aryl methyl sites for hydroxylation is 2. The molecule has 0 spiro atoms. The molecule has 0 saturated carbocycles. The predicted octanol–water partition coefficient (Wildman–Crippen LogP) is 5.36. The Kier molecular flexibility index (Phi) is 7.93. The summed E-state index contributed by atoms with van der Waals surface area (Å²) in [7, 11) is 0. The highest BCUT2D eigenvalue weighted by molar-refractivity contribution is 7.99. The minimum atomic E-state index is -0.0718. The number of hydrogen-bond acceptors (Lipinski definition) is 6. The van der Waals surface area contributed by atoms with Crippen LogP contribution in [0.25, 0.3) is 22.1 Å². The van der Waals surface area contributed by atoms with Crippen LogP contribution in [0, 0.1) is 6.92 Å². The summed E-state index contributed by atoms with van der Waals surface area (Å²) in [5, 5.41) is 10.4. The Morgan fingerprint density at radius 2 is 1.74 bits per heavy atom. The van der Waals surface area contributed by atoms with Gasteiger partial charge in [0, 0.05) is 43.2 Å². The normalized spacial score (nSPS) is 15.5. The third-order valence-corrected chi connectivity index (χ3v) is 8.78. The van der Waals surface area contributed by atoms with Gasteiger partial charge in [-0.1, -0.05) is 72.8 Å². The number of benzene rings is 3. The van der Waals surface area contributed by atoms with E-state index in [1.165, 1.54) is 22.9 Å². The zero-order valence-electron chi connectivity index (χ0n) is 24.2. The molecule has 5 aromatic rings. The number of hydrogen-bond donors (Lipinski definition) is 0. The number of carbonyl (C=O) groups is 2. The van der Waals surface area contributed by atoms with Crippen LogP contribution in [0.1, 0.15) is 40.9 Å². The lowest BCUT2D eigenvalue weighted by Gasteiger charge is -2.40. The predicted molar refractivity (Wildman–Crippen MR) is 167 cm³/mol. The quantitative estimate of drug-likeness (QED) is 0.242. The fraction of sp³-hybridized carbons (Fsp3) is 0.303. The number of piperazine rings is 1. The maximum absolute atomic E-state index is 13.2. The van der Waals surface area contributed by atoms with Crippen LogP contribution in [-0.4, -0.2) is 72.8 Å². The topological polar surface area (TPSA) is 84.2 Å². The lowest BCUT2D eigenvalue weighted by molar-refractivity contribution is -0.130. The van der Waals surface area contributed by atoms with E-state index in [-0.39, 0.29) is 23.6 Å². The van der Waals surface area contributed by atoms with E-state index < -0.39 is 0 Å². The van der Waals surface area contributed by atoms with Crippen LogP contribution < -0.4 is 0 Å². The number of aromatic nitrogens is 4. The Morgan fingerprint density at radius 3 is 2.48 bits per heavy atom. The van der Waals surface area contributed by atoms with E-state index >= 15 is 0 Å². The van der Waals surface area contributed by atoms with E-state index in [1.54, 1.807) is 0 Å². The van der Waals surface area contributed by atoms with Crippen molar-refractivity contribution in [2.45, 2.75) is 44.9 Å². The minimum absolute atomic E-state index is 0.00963. The Bertz CT molecular complexity index is 1750. The molecular weight excluding hydrogens is 544 g/mol. The van der Waals surface area contributed by atoms with Crippen LogP contribution >= 0.6 is 11.8 Å². The first-order valence-corrected chi connectivity index (χ1v) is 15.4. The molecule has 8 nitrogen and oxygen atoms in total. The molecule has 1 unspecified atom stereocenters. The summed E-state index contributed by atoms with van der Waals surface area (Å²) in [4.78, 5) is 34.9. The van der Waals surface area contributed by atoms with Gasteiger partial charge in [0.2, 0.25) is 11.1 Å². The number of amides is 2. The number of carbonyl (C=O) groups excluding carboxylic acids is 2. The molecule has 1 atom stereocenters. The average molecular weight is 579 g/mol. The maximum Gasteiger partial charge on any atom is 0.254 e. The third-order valence-electron chi connectivity index (χ3n) is 7.96. The van der Waals surface area contributed by atoms with Crippen LogP contribution in [-0.2, 0) is 17.8 Å². The van der Waals surface area contributed by atoms with Crippen molar-refractivity contribution in [2.24, 2.45) is 0 Å². The highest BCUT2D eigenvalue weighted by atomic mass is 32.2. The molecule has 6 rings (SSSR count). The van der Waals surface area contributed by atoms with Gasteiger partial charge in [-0.3, -0.25) is 9.59 Å². The van der Waals surface area contributed by atoms with Crippen LogP contribution in [0.4, 0.5) is 0 Å². The first-order chi connectivity index (χ1) is 20.4. The third kappa shape index (κ3) is 5.61. The first kappa shape index (κ1) is 27.9. The molecule has 214 valence electrons. The number of nitrogens with zero attached hydrogens (tertiary/aromatic N) is 6. The molecule has 1 fully saturated rings. The Morgan fingerprint density at radius 1 is 0.952 bits per heavy atom. The molecular formula is C33H34N6O2S. The van der Waals surface area contributed by atoms with Gasteiger partial charge in [-0.15, -0.1) is 10.2 Å². The summed E-state index contributed by atoms with van der Waals surface area (Å²) in [6.45, 7) is 8.34. The number of thioether (sulfide) groups is 1. The van der Waals surface area contributed by atoms with Crippen LogP contribution in [0.15, 0.2) is 78.0 Å². The highest BCUT2D eigenvalue weighted by Crippen LogP contribution is 2.29. The Balaban J connectivity index is 1.15. The molecule has 9 heteroatoms. The largest absolute Gasteiger partial charge is 0.338 e. The summed E-state index contributed by atoms with van der Waals surface area (Å²) >= 11 is 1.30. The van der Waals surface area contributed by atoms with E-state index in [2.05, 4.69) is 58.9 Å². The van der Waals surface area contributed by atoms with Crippen molar-refractivity contribution in [3.8, 4) is 0 Å². The van der Waals surface area contributed by atoms with Gasteiger partial charge in [0.05, 0.1) is 11.3 Å². The van der Waals surface area contributed by atoms with Crippen LogP contribution in [0.5, 0.6) is 0 Å². The number of rotatable bonds is 7. The lowest BCUT2D eigenvalue weighted by Crippen LogP contribution is -2.55. The summed E-state index contributed by atoms with van der Waals surface area (Å²) < 4.78 is 2.17. The summed E-state index contributed by atoms with van der Waals surface area (Å²) in [5.41, 5.74) is 6.80. The second-order valence-corrected chi connectivity index (χ2v) is 11.8. The molecule has 3 heterocycles. The van der Waals surface area contributed by atoms with Crippen molar-refractivity contribution in [2.75, 3.05) is 25.4 Å². The average Bonchev–Trinajstić information content (AvgIpc) is 3.31. The van der Waals surface area contributed by atoms with E-state index in [0.29, 0.717) is 36.9 Å². The second kappa shape index (κ2) is 11.9. The monoisotopic (exact) mass is 578 g/mol. The summed E-state index contributed by atoms with van der Waals surface area (Å²) in [6.07, 6.45) is 0.940. The molecule has 0 bridgehead atoms. The standard InChI is InChI=1S/C33H34N6O2S/c1-4-24-11-13-26(14-12-24)32(41)38-17-16-37(19-23(38)3)29(40)21-42-33-34-31-30(35-36-33)27-18-22(2)10-15-28(27)39(31)20-25-8-6-5-7-9-25/h5-15,18,23H,4,16-17,19-21H2,1-3H3. The molecule has 1 saturated heterocycles. The van der Waals surface area contributed by atoms with Crippen molar-refractivity contribution in [3.63, 3.8) is 0 Å². The molecule has 0 radical (unpaired) electrons. The molecule has 3 aromatic carbocycles. The second-order valence-electron chi connectivity index (χ2n) is 10.9. The fourth-order valence-corrected chi connectivity index (χ4v) is 6.28. The molecule has 0 N–H and O–H groups in total. The number of fused-ring (bicyclic) bond motifs is 3. The van der Waals surface area contributed by atoms with E-state index in [4.69, 9.17) is 4.98 Å². The van der Waals surface area contributed by atoms with Gasteiger partial charge in [-0.25, -0.2) is 4.98 Å². The molecule has 2 amide bonds. The SMILES string of the molecule is CCc1ccc(C(=O)N2CCN(C(=O)CSc3nnc4c5cc(C)ccc5n(Cc5ccccc5)c4n3)CC2C)cc1. The van der Waals surface area contributed by atoms with E-state index in [9.17, 15) is 9.59 Å². The first-order valence-electron chi connectivity index (χ1n) is 14.4. The molecule has 0 aliphatic carbocycles. The smallest absolute Gasteiger partial charge is 0.254 e. The molecule has 1 aliphatic heterocycles. The highest BCUT2D eigenvalue weighted by Gasteiger charge is 2.30. The van der Waals surface area contributed by atoms with E-state index in [1.807, 2.05) is 59.2 Å².